The average molecular weight is 321 g/mol. The molecule has 0 fully saturated rings. The lowest BCUT2D eigenvalue weighted by molar-refractivity contribution is -0.139. The van der Waals surface area contributed by atoms with Gasteiger partial charge in [0.2, 0.25) is 0 Å². The van der Waals surface area contributed by atoms with Crippen LogP contribution in [-0.4, -0.2) is 20.2 Å². The Kier molecular flexibility index (Phi) is 5.67. The maximum absolute atomic E-state index is 11.5. The summed E-state index contributed by atoms with van der Waals surface area (Å²) in [4.78, 5) is 11.5. The van der Waals surface area contributed by atoms with E-state index in [4.69, 9.17) is 21.1 Å². The molecular formula is C17H17ClO4. The van der Waals surface area contributed by atoms with Gasteiger partial charge in [0.05, 0.1) is 20.6 Å². The largest absolute Gasteiger partial charge is 0.497 e. The summed E-state index contributed by atoms with van der Waals surface area (Å²) in [7, 11) is 2.98. The lowest BCUT2D eigenvalue weighted by Gasteiger charge is -2.12. The Morgan fingerprint density at radius 3 is 2.45 bits per heavy atom. The molecule has 0 aliphatic rings. The minimum Gasteiger partial charge on any atom is -0.497 e. The number of methoxy groups -OCH3 is 2. The summed E-state index contributed by atoms with van der Waals surface area (Å²) in [5.41, 5.74) is 1.70. The highest BCUT2D eigenvalue weighted by Crippen LogP contribution is 2.25. The number of carbonyl (C=O) groups is 1. The summed E-state index contributed by atoms with van der Waals surface area (Å²) in [5, 5.41) is 0.552. The van der Waals surface area contributed by atoms with Crippen molar-refractivity contribution in [3.8, 4) is 11.5 Å². The van der Waals surface area contributed by atoms with E-state index < -0.39 is 0 Å². The Labute approximate surface area is 134 Å². The molecular weight excluding hydrogens is 304 g/mol. The van der Waals surface area contributed by atoms with E-state index in [9.17, 15) is 4.79 Å². The lowest BCUT2D eigenvalue weighted by Crippen LogP contribution is -2.07. The van der Waals surface area contributed by atoms with E-state index in [0.29, 0.717) is 22.9 Å². The smallest absolute Gasteiger partial charge is 0.310 e. The first-order valence-electron chi connectivity index (χ1n) is 6.73. The minimum absolute atomic E-state index is 0.120. The molecule has 2 aromatic rings. The normalized spacial score (nSPS) is 10.1. The molecule has 22 heavy (non-hydrogen) atoms. The van der Waals surface area contributed by atoms with Crippen LogP contribution >= 0.6 is 11.6 Å². The van der Waals surface area contributed by atoms with Crippen LogP contribution in [0.15, 0.2) is 42.5 Å². The number of hydrogen-bond acceptors (Lipinski definition) is 4. The Morgan fingerprint density at radius 1 is 1.09 bits per heavy atom. The van der Waals surface area contributed by atoms with Gasteiger partial charge in [-0.15, -0.1) is 0 Å². The van der Waals surface area contributed by atoms with Gasteiger partial charge in [-0.3, -0.25) is 4.79 Å². The van der Waals surface area contributed by atoms with Crippen molar-refractivity contribution in [3.05, 3.63) is 58.6 Å². The number of carbonyl (C=O) groups excluding carboxylic acids is 1. The van der Waals surface area contributed by atoms with Crippen molar-refractivity contribution in [1.82, 2.24) is 0 Å². The van der Waals surface area contributed by atoms with E-state index in [1.807, 2.05) is 24.3 Å². The van der Waals surface area contributed by atoms with Crippen molar-refractivity contribution in [1.29, 1.82) is 0 Å². The van der Waals surface area contributed by atoms with Gasteiger partial charge in [-0.2, -0.15) is 0 Å². The Morgan fingerprint density at radius 2 is 1.82 bits per heavy atom. The monoisotopic (exact) mass is 320 g/mol. The number of rotatable bonds is 6. The highest BCUT2D eigenvalue weighted by atomic mass is 35.5. The SMILES string of the molecule is COC(=O)Cc1cc(Cl)ccc1OCc1ccc(OC)cc1. The molecule has 5 heteroatoms. The van der Waals surface area contributed by atoms with Crippen molar-refractivity contribution in [2.24, 2.45) is 0 Å². The Balaban J connectivity index is 2.09. The summed E-state index contributed by atoms with van der Waals surface area (Å²) in [6, 6.07) is 12.8. The zero-order chi connectivity index (χ0) is 15.9. The topological polar surface area (TPSA) is 44.8 Å². The van der Waals surface area contributed by atoms with Crippen molar-refractivity contribution in [3.63, 3.8) is 0 Å². The number of esters is 1. The molecule has 0 radical (unpaired) electrons. The lowest BCUT2D eigenvalue weighted by atomic mass is 10.1. The third-order valence-electron chi connectivity index (χ3n) is 3.14. The van der Waals surface area contributed by atoms with Gasteiger partial charge in [-0.25, -0.2) is 0 Å². The molecule has 0 N–H and O–H groups in total. The molecule has 0 saturated heterocycles. The molecule has 0 aromatic heterocycles. The molecule has 0 bridgehead atoms. The van der Waals surface area contributed by atoms with E-state index in [1.54, 1.807) is 25.3 Å². The van der Waals surface area contributed by atoms with Gasteiger partial charge in [-0.05, 0) is 35.9 Å². The van der Waals surface area contributed by atoms with E-state index in [0.717, 1.165) is 11.3 Å². The molecule has 2 aromatic carbocycles. The van der Waals surface area contributed by atoms with Crippen LogP contribution in [0.25, 0.3) is 0 Å². The summed E-state index contributed by atoms with van der Waals surface area (Å²) in [6.45, 7) is 0.389. The molecule has 2 rings (SSSR count). The molecule has 0 unspecified atom stereocenters. The summed E-state index contributed by atoms with van der Waals surface area (Å²) in [6.07, 6.45) is 0.120. The molecule has 0 spiro atoms. The molecule has 0 aliphatic carbocycles. The molecule has 0 heterocycles. The van der Waals surface area contributed by atoms with E-state index in [1.165, 1.54) is 7.11 Å². The van der Waals surface area contributed by atoms with Crippen molar-refractivity contribution in [2.75, 3.05) is 14.2 Å². The number of hydrogen-bond donors (Lipinski definition) is 0. The third-order valence-corrected chi connectivity index (χ3v) is 3.37. The second-order valence-electron chi connectivity index (χ2n) is 4.64. The van der Waals surface area contributed by atoms with Gasteiger partial charge < -0.3 is 14.2 Å². The molecule has 0 amide bonds. The van der Waals surface area contributed by atoms with Gasteiger partial charge in [-0.1, -0.05) is 23.7 Å². The third kappa shape index (κ3) is 4.40. The van der Waals surface area contributed by atoms with Crippen LogP contribution in [0.3, 0.4) is 0 Å². The van der Waals surface area contributed by atoms with Crippen LogP contribution in [0.2, 0.25) is 5.02 Å². The average Bonchev–Trinajstić information content (AvgIpc) is 2.54. The fourth-order valence-electron chi connectivity index (χ4n) is 1.94. The predicted molar refractivity (Wildman–Crippen MR) is 84.5 cm³/mol. The Hall–Kier alpha value is -2.20. The van der Waals surface area contributed by atoms with Crippen molar-refractivity contribution >= 4 is 17.6 Å². The van der Waals surface area contributed by atoms with Gasteiger partial charge in [0.25, 0.3) is 0 Å². The predicted octanol–water partition coefficient (Wildman–Crippen LogP) is 3.64. The van der Waals surface area contributed by atoms with Crippen LogP contribution in [0.4, 0.5) is 0 Å². The first kappa shape index (κ1) is 16.2. The van der Waals surface area contributed by atoms with Gasteiger partial charge in [0.1, 0.15) is 18.1 Å². The fraction of sp³-hybridized carbons (Fsp3) is 0.235. The van der Waals surface area contributed by atoms with E-state index >= 15 is 0 Å². The van der Waals surface area contributed by atoms with Crippen LogP contribution in [0.1, 0.15) is 11.1 Å². The quantitative estimate of drug-likeness (QED) is 0.762. The van der Waals surface area contributed by atoms with Gasteiger partial charge in [0.15, 0.2) is 0 Å². The second-order valence-corrected chi connectivity index (χ2v) is 5.08. The van der Waals surface area contributed by atoms with Crippen molar-refractivity contribution < 1.29 is 19.0 Å². The molecule has 0 aliphatic heterocycles. The second kappa shape index (κ2) is 7.71. The molecule has 0 atom stereocenters. The highest BCUT2D eigenvalue weighted by molar-refractivity contribution is 6.30. The van der Waals surface area contributed by atoms with E-state index in [2.05, 4.69) is 4.74 Å². The minimum atomic E-state index is -0.337. The Bertz CT molecular complexity index is 638. The summed E-state index contributed by atoms with van der Waals surface area (Å²) >= 11 is 5.97. The van der Waals surface area contributed by atoms with Crippen LogP contribution in [0.5, 0.6) is 11.5 Å². The molecule has 0 saturated carbocycles. The zero-order valence-electron chi connectivity index (χ0n) is 12.5. The van der Waals surface area contributed by atoms with Crippen LogP contribution < -0.4 is 9.47 Å². The zero-order valence-corrected chi connectivity index (χ0v) is 13.2. The van der Waals surface area contributed by atoms with Gasteiger partial charge >= 0.3 is 5.97 Å². The summed E-state index contributed by atoms with van der Waals surface area (Å²) in [5.74, 6) is 1.07. The summed E-state index contributed by atoms with van der Waals surface area (Å²) < 4.78 is 15.6. The maximum Gasteiger partial charge on any atom is 0.310 e. The standard InChI is InChI=1S/C17H17ClO4/c1-20-15-6-3-12(4-7-15)11-22-16-8-5-14(18)9-13(16)10-17(19)21-2/h3-9H,10-11H2,1-2H3. The fourth-order valence-corrected chi connectivity index (χ4v) is 2.13. The van der Waals surface area contributed by atoms with Crippen LogP contribution in [-0.2, 0) is 22.6 Å². The maximum atomic E-state index is 11.5. The first-order valence-corrected chi connectivity index (χ1v) is 7.11. The molecule has 116 valence electrons. The van der Waals surface area contributed by atoms with E-state index in [-0.39, 0.29) is 12.4 Å². The van der Waals surface area contributed by atoms with Crippen LogP contribution in [0, 0.1) is 0 Å². The van der Waals surface area contributed by atoms with Crippen molar-refractivity contribution in [2.45, 2.75) is 13.0 Å². The number of ether oxygens (including phenoxy) is 3. The highest BCUT2D eigenvalue weighted by Gasteiger charge is 2.10. The number of halogens is 1. The first-order chi connectivity index (χ1) is 10.6. The molecule has 4 nitrogen and oxygen atoms in total. The number of benzene rings is 2. The van der Waals surface area contributed by atoms with Gasteiger partial charge in [0, 0.05) is 10.6 Å².